The van der Waals surface area contributed by atoms with Crippen LogP contribution < -0.4 is 10.6 Å². The fourth-order valence-corrected chi connectivity index (χ4v) is 3.59. The van der Waals surface area contributed by atoms with Gasteiger partial charge in [0.05, 0.1) is 11.6 Å². The van der Waals surface area contributed by atoms with E-state index in [0.717, 1.165) is 44.3 Å². The van der Waals surface area contributed by atoms with Crippen molar-refractivity contribution in [2.24, 2.45) is 0 Å². The highest BCUT2D eigenvalue weighted by Crippen LogP contribution is 2.46. The van der Waals surface area contributed by atoms with Crippen molar-refractivity contribution < 1.29 is 4.79 Å². The number of aromatic nitrogens is 2. The Morgan fingerprint density at radius 3 is 2.88 bits per heavy atom. The number of halogens is 2. The van der Waals surface area contributed by atoms with E-state index in [1.807, 2.05) is 35.1 Å². The van der Waals surface area contributed by atoms with Gasteiger partial charge in [-0.3, -0.25) is 9.48 Å². The Bertz CT molecular complexity index is 751. The van der Waals surface area contributed by atoms with Crippen LogP contribution in [0.1, 0.15) is 47.8 Å². The van der Waals surface area contributed by atoms with Crippen LogP contribution in [0.15, 0.2) is 36.5 Å². The molecule has 5 nitrogen and oxygen atoms in total. The first kappa shape index (κ1) is 18.2. The Balaban J connectivity index is 0.00000182. The molecule has 1 unspecified atom stereocenters. The number of amides is 1. The molecule has 4 rings (SSSR count). The van der Waals surface area contributed by atoms with Crippen molar-refractivity contribution >= 4 is 29.9 Å². The molecule has 1 aliphatic heterocycles. The van der Waals surface area contributed by atoms with Crippen molar-refractivity contribution in [2.45, 2.75) is 37.3 Å². The lowest BCUT2D eigenvalue weighted by Gasteiger charge is -2.23. The fourth-order valence-electron chi connectivity index (χ4n) is 3.40. The maximum Gasteiger partial charge on any atom is 0.272 e. The Morgan fingerprint density at radius 2 is 2.20 bits per heavy atom. The molecule has 0 radical (unpaired) electrons. The summed E-state index contributed by atoms with van der Waals surface area (Å²) in [6.45, 7) is 1.97. The summed E-state index contributed by atoms with van der Waals surface area (Å²) >= 11 is 6.09. The van der Waals surface area contributed by atoms with Crippen molar-refractivity contribution in [1.29, 1.82) is 0 Å². The van der Waals surface area contributed by atoms with Gasteiger partial charge in [0.25, 0.3) is 5.91 Å². The van der Waals surface area contributed by atoms with Gasteiger partial charge in [-0.15, -0.1) is 12.4 Å². The molecule has 2 heterocycles. The molecule has 2 N–H and O–H groups in total. The number of hydrogen-bond donors (Lipinski definition) is 2. The molecule has 134 valence electrons. The van der Waals surface area contributed by atoms with E-state index < -0.39 is 0 Å². The lowest BCUT2D eigenvalue weighted by atomic mass is 10.0. The molecule has 1 aromatic carbocycles. The van der Waals surface area contributed by atoms with Crippen molar-refractivity contribution in [3.05, 3.63) is 52.8 Å². The second-order valence-electron chi connectivity index (χ2n) is 6.73. The van der Waals surface area contributed by atoms with Crippen molar-refractivity contribution in [3.8, 4) is 0 Å². The molecule has 2 fully saturated rings. The number of piperidine rings is 1. The minimum Gasteiger partial charge on any atom is -0.341 e. The standard InChI is InChI=1S/C18H21ClN4O.ClH/c19-14-4-1-3-13(11-14)18(7-8-18)21-17(24)16-6-10-23(22-16)15-5-2-9-20-12-15;/h1,3-4,6,10-11,15,20H,2,5,7-9,12H2,(H,21,24);1H. The number of benzene rings is 1. The van der Waals surface area contributed by atoms with Crippen LogP contribution in [-0.2, 0) is 5.54 Å². The van der Waals surface area contributed by atoms with E-state index in [-0.39, 0.29) is 23.9 Å². The van der Waals surface area contributed by atoms with Crippen LogP contribution in [0.4, 0.5) is 0 Å². The second-order valence-corrected chi connectivity index (χ2v) is 7.16. The minimum atomic E-state index is -0.280. The molecule has 0 bridgehead atoms. The largest absolute Gasteiger partial charge is 0.341 e. The first-order valence-electron chi connectivity index (χ1n) is 8.51. The predicted octanol–water partition coefficient (Wildman–Crippen LogP) is 3.30. The van der Waals surface area contributed by atoms with Gasteiger partial charge in [0, 0.05) is 17.8 Å². The van der Waals surface area contributed by atoms with Gasteiger partial charge in [0.2, 0.25) is 0 Å². The van der Waals surface area contributed by atoms with Crippen LogP contribution >= 0.6 is 24.0 Å². The van der Waals surface area contributed by atoms with Crippen LogP contribution in [0.2, 0.25) is 5.02 Å². The predicted molar refractivity (Wildman–Crippen MR) is 100 cm³/mol. The number of carbonyl (C=O) groups is 1. The van der Waals surface area contributed by atoms with Crippen molar-refractivity contribution in [3.63, 3.8) is 0 Å². The normalized spacial score (nSPS) is 21.2. The van der Waals surface area contributed by atoms with Crippen LogP contribution in [0.3, 0.4) is 0 Å². The summed E-state index contributed by atoms with van der Waals surface area (Å²) in [5.41, 5.74) is 1.27. The fraction of sp³-hybridized carbons (Fsp3) is 0.444. The molecule has 0 spiro atoms. The molecule has 1 saturated carbocycles. The summed E-state index contributed by atoms with van der Waals surface area (Å²) in [5, 5.41) is 11.7. The van der Waals surface area contributed by atoms with Gasteiger partial charge in [-0.05, 0) is 56.0 Å². The molecule has 1 aliphatic carbocycles. The van der Waals surface area contributed by atoms with Gasteiger partial charge in [0.1, 0.15) is 5.69 Å². The molecular formula is C18H22Cl2N4O. The van der Waals surface area contributed by atoms with Gasteiger partial charge >= 0.3 is 0 Å². The first-order chi connectivity index (χ1) is 11.7. The topological polar surface area (TPSA) is 59.0 Å². The third-order valence-corrected chi connectivity index (χ3v) is 5.20. The van der Waals surface area contributed by atoms with Gasteiger partial charge in [-0.2, -0.15) is 5.10 Å². The molecule has 7 heteroatoms. The smallest absolute Gasteiger partial charge is 0.272 e. The number of carbonyl (C=O) groups excluding carboxylic acids is 1. The molecule has 25 heavy (non-hydrogen) atoms. The third kappa shape index (κ3) is 3.84. The zero-order valence-electron chi connectivity index (χ0n) is 13.9. The van der Waals surface area contributed by atoms with E-state index in [1.54, 1.807) is 6.07 Å². The molecular weight excluding hydrogens is 359 g/mol. The molecule has 2 aliphatic rings. The maximum absolute atomic E-state index is 12.6. The summed E-state index contributed by atoms with van der Waals surface area (Å²) in [4.78, 5) is 12.6. The monoisotopic (exact) mass is 380 g/mol. The lowest BCUT2D eigenvalue weighted by Crippen LogP contribution is -2.35. The maximum atomic E-state index is 12.6. The molecule has 1 saturated heterocycles. The Kier molecular flexibility index (Phi) is 5.37. The van der Waals surface area contributed by atoms with Crippen LogP contribution in [0.25, 0.3) is 0 Å². The zero-order valence-corrected chi connectivity index (χ0v) is 15.4. The summed E-state index contributed by atoms with van der Waals surface area (Å²) in [5.74, 6) is -0.116. The van der Waals surface area contributed by atoms with E-state index in [4.69, 9.17) is 11.6 Å². The summed E-state index contributed by atoms with van der Waals surface area (Å²) in [7, 11) is 0. The second kappa shape index (κ2) is 7.36. The number of nitrogens with zero attached hydrogens (tertiary/aromatic N) is 2. The molecule has 2 aromatic rings. The van der Waals surface area contributed by atoms with Gasteiger partial charge < -0.3 is 10.6 Å². The van der Waals surface area contributed by atoms with Crippen molar-refractivity contribution in [1.82, 2.24) is 20.4 Å². The SMILES string of the molecule is Cl.O=C(NC1(c2cccc(Cl)c2)CC1)c1ccn(C2CCCNC2)n1. The number of hydrogen-bond acceptors (Lipinski definition) is 3. The quantitative estimate of drug-likeness (QED) is 0.855. The van der Waals surface area contributed by atoms with E-state index in [9.17, 15) is 4.79 Å². The average Bonchev–Trinajstić information content (AvgIpc) is 3.21. The van der Waals surface area contributed by atoms with Crippen LogP contribution in [0.5, 0.6) is 0 Å². The third-order valence-electron chi connectivity index (χ3n) is 4.97. The van der Waals surface area contributed by atoms with E-state index in [1.165, 1.54) is 0 Å². The number of rotatable bonds is 4. The van der Waals surface area contributed by atoms with E-state index in [0.29, 0.717) is 16.8 Å². The zero-order chi connectivity index (χ0) is 16.6. The Morgan fingerprint density at radius 1 is 1.36 bits per heavy atom. The summed E-state index contributed by atoms with van der Waals surface area (Å²) < 4.78 is 1.92. The Labute approximate surface area is 158 Å². The first-order valence-corrected chi connectivity index (χ1v) is 8.89. The minimum absolute atomic E-state index is 0. The van der Waals surface area contributed by atoms with Crippen LogP contribution in [0, 0.1) is 0 Å². The lowest BCUT2D eigenvalue weighted by molar-refractivity contribution is 0.0924. The van der Waals surface area contributed by atoms with Gasteiger partial charge in [-0.25, -0.2) is 0 Å². The highest BCUT2D eigenvalue weighted by atomic mass is 35.5. The van der Waals surface area contributed by atoms with E-state index >= 15 is 0 Å². The highest BCUT2D eigenvalue weighted by Gasteiger charge is 2.46. The van der Waals surface area contributed by atoms with Crippen LogP contribution in [-0.4, -0.2) is 28.8 Å². The Hall–Kier alpha value is -1.56. The molecule has 1 atom stereocenters. The van der Waals surface area contributed by atoms with Gasteiger partial charge in [0.15, 0.2) is 0 Å². The summed E-state index contributed by atoms with van der Waals surface area (Å²) in [6, 6.07) is 9.87. The van der Waals surface area contributed by atoms with Crippen molar-refractivity contribution in [2.75, 3.05) is 13.1 Å². The number of nitrogens with one attached hydrogen (secondary N) is 2. The van der Waals surface area contributed by atoms with E-state index in [2.05, 4.69) is 15.7 Å². The molecule has 1 amide bonds. The molecule has 1 aromatic heterocycles. The average molecular weight is 381 g/mol. The highest BCUT2D eigenvalue weighted by molar-refractivity contribution is 6.30. The summed E-state index contributed by atoms with van der Waals surface area (Å²) in [6.07, 6.45) is 6.02. The van der Waals surface area contributed by atoms with Gasteiger partial charge in [-0.1, -0.05) is 23.7 Å².